The number of aromatic nitrogens is 3. The van der Waals surface area contributed by atoms with E-state index in [1.165, 1.54) is 0 Å². The van der Waals surface area contributed by atoms with Crippen molar-refractivity contribution >= 4 is 28.6 Å². The van der Waals surface area contributed by atoms with E-state index in [4.69, 9.17) is 4.74 Å². The number of carbonyl (C=O) groups is 1. The second-order valence-corrected chi connectivity index (χ2v) is 10.4. The van der Waals surface area contributed by atoms with Crippen molar-refractivity contribution in [3.05, 3.63) is 54.6 Å². The monoisotopic (exact) mass is 512 g/mol. The number of ether oxygens (including phenoxy) is 1. The number of methoxy groups -OCH3 is 1. The van der Waals surface area contributed by atoms with E-state index in [0.717, 1.165) is 54.2 Å². The zero-order valence-electron chi connectivity index (χ0n) is 20.6. The van der Waals surface area contributed by atoms with E-state index in [9.17, 15) is 9.90 Å². The summed E-state index contributed by atoms with van der Waals surface area (Å²) in [4.78, 5) is 26.5. The number of pyridine rings is 1. The predicted molar refractivity (Wildman–Crippen MR) is 139 cm³/mol. The summed E-state index contributed by atoms with van der Waals surface area (Å²) >= 11 is 1.68. The van der Waals surface area contributed by atoms with Crippen LogP contribution in [0, 0.1) is 11.8 Å². The van der Waals surface area contributed by atoms with Crippen LogP contribution in [0.25, 0.3) is 10.9 Å². The van der Waals surface area contributed by atoms with Gasteiger partial charge in [0.2, 0.25) is 0 Å². The fourth-order valence-electron chi connectivity index (χ4n) is 5.08. The molecule has 1 aliphatic rings. The molecule has 3 aromatic rings. The van der Waals surface area contributed by atoms with Gasteiger partial charge < -0.3 is 14.7 Å². The van der Waals surface area contributed by atoms with Gasteiger partial charge >= 0.3 is 5.97 Å². The summed E-state index contributed by atoms with van der Waals surface area (Å²) in [5, 5.41) is 11.0. The molecular weight excluding hydrogens is 479 g/mol. The van der Waals surface area contributed by atoms with Gasteiger partial charge in [-0.05, 0) is 73.9 Å². The van der Waals surface area contributed by atoms with Crippen LogP contribution in [0.5, 0.6) is 5.75 Å². The highest BCUT2D eigenvalue weighted by Gasteiger charge is 2.30. The van der Waals surface area contributed by atoms with Gasteiger partial charge in [-0.25, -0.2) is 9.37 Å². The van der Waals surface area contributed by atoms with Crippen molar-refractivity contribution < 1.29 is 19.0 Å². The number of hydrogen-bond acceptors (Lipinski definition) is 7. The summed E-state index contributed by atoms with van der Waals surface area (Å²) in [7, 11) is 1.60. The van der Waals surface area contributed by atoms with Crippen LogP contribution in [0.2, 0.25) is 0 Å². The van der Waals surface area contributed by atoms with E-state index in [1.807, 2.05) is 18.2 Å². The number of halogens is 1. The van der Waals surface area contributed by atoms with Crippen molar-refractivity contribution in [1.82, 2.24) is 19.9 Å². The van der Waals surface area contributed by atoms with Gasteiger partial charge in [0, 0.05) is 49.2 Å². The van der Waals surface area contributed by atoms with Crippen LogP contribution >= 0.6 is 11.8 Å². The number of fused-ring (bicyclic) bond motifs is 1. The van der Waals surface area contributed by atoms with Crippen LogP contribution in [0.3, 0.4) is 0 Å². The van der Waals surface area contributed by atoms with Crippen molar-refractivity contribution in [2.24, 2.45) is 11.8 Å². The molecule has 1 aromatic carbocycles. The molecule has 1 N–H and O–H groups in total. The van der Waals surface area contributed by atoms with Gasteiger partial charge in [0.25, 0.3) is 0 Å². The van der Waals surface area contributed by atoms with Crippen molar-refractivity contribution in [2.75, 3.05) is 32.5 Å². The zero-order chi connectivity index (χ0) is 25.3. The number of aliphatic carboxylic acids is 1. The number of benzene rings is 1. The maximum absolute atomic E-state index is 15.5. The Kier molecular flexibility index (Phi) is 9.47. The maximum Gasteiger partial charge on any atom is 0.303 e. The lowest BCUT2D eigenvalue weighted by molar-refractivity contribution is -0.137. The fourth-order valence-corrected chi connectivity index (χ4v) is 5.91. The standard InChI is InChI=1S/C27H33FN4O3S/c1-35-21-4-6-25-23(16-21)22(8-10-30-25)24(28)5-2-19-9-13-32(18-20(19)3-7-27(33)34)14-15-36-26-17-29-11-12-31-26/h4,6,8,10-12,16-17,19-20,24H,2-3,5,7,9,13-15,18H2,1H3,(H,33,34)/t19-,20+,24?/m1/s1. The molecule has 1 saturated heterocycles. The number of hydrogen-bond donors (Lipinski definition) is 1. The number of piperidine rings is 1. The molecule has 9 heteroatoms. The molecule has 3 heterocycles. The van der Waals surface area contributed by atoms with Crippen LogP contribution in [-0.4, -0.2) is 63.4 Å². The number of likely N-dealkylation sites (tertiary alicyclic amines) is 1. The summed E-state index contributed by atoms with van der Waals surface area (Å²) in [6, 6.07) is 7.28. The number of thioether (sulfide) groups is 1. The summed E-state index contributed by atoms with van der Waals surface area (Å²) in [6.07, 6.45) is 8.55. The minimum absolute atomic E-state index is 0.150. The molecule has 0 amide bonds. The van der Waals surface area contributed by atoms with E-state index >= 15 is 4.39 Å². The van der Waals surface area contributed by atoms with Gasteiger partial charge in [0.15, 0.2) is 0 Å². The smallest absolute Gasteiger partial charge is 0.303 e. The van der Waals surface area contributed by atoms with E-state index in [2.05, 4.69) is 19.9 Å². The second kappa shape index (κ2) is 13.0. The molecule has 3 atom stereocenters. The molecule has 7 nitrogen and oxygen atoms in total. The van der Waals surface area contributed by atoms with Crippen LogP contribution in [0.4, 0.5) is 4.39 Å². The van der Waals surface area contributed by atoms with Gasteiger partial charge in [0.1, 0.15) is 16.9 Å². The molecule has 1 fully saturated rings. The first-order valence-corrected chi connectivity index (χ1v) is 13.4. The Morgan fingerprint density at radius 3 is 2.89 bits per heavy atom. The third-order valence-corrected chi connectivity index (χ3v) is 7.91. The van der Waals surface area contributed by atoms with E-state index < -0.39 is 12.1 Å². The molecule has 0 spiro atoms. The highest BCUT2D eigenvalue weighted by molar-refractivity contribution is 7.99. The Labute approximate surface area is 215 Å². The Morgan fingerprint density at radius 1 is 1.22 bits per heavy atom. The quantitative estimate of drug-likeness (QED) is 0.322. The fraction of sp³-hybridized carbons (Fsp3) is 0.481. The summed E-state index contributed by atoms with van der Waals surface area (Å²) in [5.74, 6) is 1.37. The SMILES string of the molecule is COc1ccc2nccc(C(F)CC[C@@H]3CCN(CCSc4cnccn4)C[C@@H]3CCC(=O)O)c2c1. The summed E-state index contributed by atoms with van der Waals surface area (Å²) in [6.45, 7) is 2.71. The number of carboxylic acids is 1. The summed E-state index contributed by atoms with van der Waals surface area (Å²) in [5.41, 5.74) is 1.39. The van der Waals surface area contributed by atoms with Crippen molar-refractivity contribution in [1.29, 1.82) is 0 Å². The average Bonchev–Trinajstić information content (AvgIpc) is 2.91. The van der Waals surface area contributed by atoms with Crippen LogP contribution in [-0.2, 0) is 4.79 Å². The van der Waals surface area contributed by atoms with Gasteiger partial charge in [-0.1, -0.05) is 0 Å². The highest BCUT2D eigenvalue weighted by atomic mass is 32.2. The summed E-state index contributed by atoms with van der Waals surface area (Å²) < 4.78 is 20.8. The molecule has 36 heavy (non-hydrogen) atoms. The number of rotatable bonds is 12. The van der Waals surface area contributed by atoms with Gasteiger partial charge in [-0.15, -0.1) is 11.8 Å². The molecule has 2 aromatic heterocycles. The minimum Gasteiger partial charge on any atom is -0.497 e. The largest absolute Gasteiger partial charge is 0.497 e. The normalized spacial score (nSPS) is 19.3. The molecule has 1 unspecified atom stereocenters. The zero-order valence-corrected chi connectivity index (χ0v) is 21.4. The lowest BCUT2D eigenvalue weighted by atomic mass is 9.79. The Balaban J connectivity index is 1.35. The molecule has 0 aliphatic carbocycles. The Hall–Kier alpha value is -2.78. The number of alkyl halides is 1. The molecule has 192 valence electrons. The van der Waals surface area contributed by atoms with Gasteiger partial charge in [-0.2, -0.15) is 0 Å². The third kappa shape index (κ3) is 7.13. The predicted octanol–water partition coefficient (Wildman–Crippen LogP) is 5.42. The van der Waals surface area contributed by atoms with Crippen LogP contribution in [0.15, 0.2) is 54.1 Å². The lowest BCUT2D eigenvalue weighted by Crippen LogP contribution is -2.41. The molecule has 4 rings (SSSR count). The molecule has 0 bridgehead atoms. The maximum atomic E-state index is 15.5. The topological polar surface area (TPSA) is 88.4 Å². The first-order valence-electron chi connectivity index (χ1n) is 12.4. The Bertz CT molecular complexity index is 1140. The van der Waals surface area contributed by atoms with E-state index in [0.29, 0.717) is 30.1 Å². The highest BCUT2D eigenvalue weighted by Crippen LogP contribution is 2.36. The first kappa shape index (κ1) is 26.3. The van der Waals surface area contributed by atoms with Crippen LogP contribution < -0.4 is 4.74 Å². The van der Waals surface area contributed by atoms with Gasteiger partial charge in [-0.3, -0.25) is 14.8 Å². The van der Waals surface area contributed by atoms with Gasteiger partial charge in [0.05, 0.1) is 18.8 Å². The lowest BCUT2D eigenvalue weighted by Gasteiger charge is -2.39. The van der Waals surface area contributed by atoms with Crippen molar-refractivity contribution in [3.8, 4) is 5.75 Å². The van der Waals surface area contributed by atoms with Crippen molar-refractivity contribution in [3.63, 3.8) is 0 Å². The van der Waals surface area contributed by atoms with Crippen LogP contribution in [0.1, 0.15) is 43.8 Å². The number of carboxylic acid groups (broad SMARTS) is 1. The minimum atomic E-state index is -1.11. The molecular formula is C27H33FN4O3S. The third-order valence-electron chi connectivity index (χ3n) is 7.01. The van der Waals surface area contributed by atoms with Crippen molar-refractivity contribution in [2.45, 2.75) is 43.3 Å². The molecule has 0 saturated carbocycles. The first-order chi connectivity index (χ1) is 17.5. The molecule has 0 radical (unpaired) electrons. The number of nitrogens with zero attached hydrogens (tertiary/aromatic N) is 4. The van der Waals surface area contributed by atoms with E-state index in [1.54, 1.807) is 49.7 Å². The average molecular weight is 513 g/mol. The second-order valence-electron chi connectivity index (χ2n) is 9.26. The Morgan fingerprint density at radius 2 is 2.11 bits per heavy atom. The molecule has 1 aliphatic heterocycles. The van der Waals surface area contributed by atoms with E-state index in [-0.39, 0.29) is 12.3 Å².